The van der Waals surface area contributed by atoms with Crippen LogP contribution in [-0.4, -0.2) is 3.21 Å². The number of rotatable bonds is 2. The van der Waals surface area contributed by atoms with Crippen molar-refractivity contribution in [3.05, 3.63) is 154 Å². The summed E-state index contributed by atoms with van der Waals surface area (Å²) in [5, 5.41) is 0. The van der Waals surface area contributed by atoms with Crippen LogP contribution in [-0.2, 0) is 41.5 Å². The van der Waals surface area contributed by atoms with Crippen LogP contribution in [0.1, 0.15) is 92.5 Å². The zero-order valence-corrected chi connectivity index (χ0v) is 31.4. The molecule has 0 aliphatic heterocycles. The summed E-state index contributed by atoms with van der Waals surface area (Å²) in [6.45, 7) is 17.8. The van der Waals surface area contributed by atoms with Crippen molar-refractivity contribution in [2.75, 3.05) is 0 Å². The molecule has 0 radical (unpaired) electrons. The van der Waals surface area contributed by atoms with Crippen molar-refractivity contribution >= 4 is 3.21 Å². The molecule has 4 aromatic carbocycles. The maximum atomic E-state index is 3.67. The Labute approximate surface area is 294 Å². The van der Waals surface area contributed by atoms with E-state index in [1.807, 2.05) is 12.2 Å². The average molecular weight is 699 g/mol. The SMILES string of the molecule is CC(C)(C)c1[c-]c2c(cc1)-c1ccc(C(C)(C)C)cc1C2.Cc1ccc([C](=[Zr+2])c2ccc(C)cc2)cc1.[C-]1=CC=CC1.[Cl-].[Cl-]. The van der Waals surface area contributed by atoms with E-state index in [0.717, 1.165) is 12.8 Å². The third-order valence-corrected chi connectivity index (χ3v) is 9.15. The van der Waals surface area contributed by atoms with Gasteiger partial charge in [0.2, 0.25) is 0 Å². The summed E-state index contributed by atoms with van der Waals surface area (Å²) in [6.07, 6.45) is 11.0. The second-order valence-electron chi connectivity index (χ2n) is 13.4. The van der Waals surface area contributed by atoms with Gasteiger partial charge in [0.15, 0.2) is 0 Å². The van der Waals surface area contributed by atoms with Crippen LogP contribution in [0.25, 0.3) is 11.1 Å². The van der Waals surface area contributed by atoms with Gasteiger partial charge in [0.05, 0.1) is 0 Å². The molecule has 0 unspecified atom stereocenters. The van der Waals surface area contributed by atoms with Crippen LogP contribution in [0, 0.1) is 26.0 Å². The Morgan fingerprint density at radius 1 is 0.682 bits per heavy atom. The van der Waals surface area contributed by atoms with Crippen LogP contribution in [0.3, 0.4) is 0 Å². The van der Waals surface area contributed by atoms with Crippen molar-refractivity contribution in [1.82, 2.24) is 0 Å². The molecule has 0 atom stereocenters. The Morgan fingerprint density at radius 2 is 1.23 bits per heavy atom. The van der Waals surface area contributed by atoms with Gasteiger partial charge in [-0.3, -0.25) is 6.08 Å². The summed E-state index contributed by atoms with van der Waals surface area (Å²) in [4.78, 5) is 0. The molecule has 4 aromatic rings. The quantitative estimate of drug-likeness (QED) is 0.240. The van der Waals surface area contributed by atoms with E-state index in [4.69, 9.17) is 0 Å². The third-order valence-electron chi connectivity index (χ3n) is 7.73. The van der Waals surface area contributed by atoms with Crippen molar-refractivity contribution < 1.29 is 49.0 Å². The van der Waals surface area contributed by atoms with Crippen LogP contribution < -0.4 is 24.8 Å². The van der Waals surface area contributed by atoms with Crippen LogP contribution in [0.15, 0.2) is 97.1 Å². The molecule has 2 aliphatic carbocycles. The minimum atomic E-state index is 0. The summed E-state index contributed by atoms with van der Waals surface area (Å²) in [5.74, 6) is 0. The average Bonchev–Trinajstić information content (AvgIpc) is 3.64. The van der Waals surface area contributed by atoms with Crippen molar-refractivity contribution in [3.63, 3.8) is 0 Å². The summed E-state index contributed by atoms with van der Waals surface area (Å²) in [5.41, 5.74) is 14.0. The molecule has 0 bridgehead atoms. The van der Waals surface area contributed by atoms with Gasteiger partial charge >= 0.3 is 112 Å². The Bertz CT molecular complexity index is 1470. The van der Waals surface area contributed by atoms with E-state index in [9.17, 15) is 0 Å². The van der Waals surface area contributed by atoms with E-state index in [1.54, 1.807) is 0 Å². The van der Waals surface area contributed by atoms with E-state index in [1.165, 1.54) is 83.1 Å². The first kappa shape index (κ1) is 37.9. The first-order valence-corrected chi connectivity index (χ1v) is 16.2. The molecule has 0 N–H and O–H groups in total. The molecule has 228 valence electrons. The summed E-state index contributed by atoms with van der Waals surface area (Å²) in [6, 6.07) is 32.7. The van der Waals surface area contributed by atoms with Crippen molar-refractivity contribution in [2.24, 2.45) is 0 Å². The molecule has 0 aromatic heterocycles. The fourth-order valence-electron chi connectivity index (χ4n) is 4.98. The number of hydrogen-bond acceptors (Lipinski definition) is 0. The Hall–Kier alpha value is -2.31. The standard InChI is InChI=1S/C21H25.C15H14.C5H5.2ClH.Zr/c1-20(2,3)16-7-9-18-14(12-16)11-15-13-17(21(4,5)6)8-10-19(15)18;1-12-3-7-14(8-4-12)11-15-9-5-13(2)6-10-15;1-2-4-5-3-1;;;/h7-10,12H,11H2,1-6H3;3-10H,1-2H3;1-3H,4H2;2*1H;/q-1;;-1;;;+2/p-2. The van der Waals surface area contributed by atoms with Gasteiger partial charge in [-0.1, -0.05) is 65.3 Å². The molecule has 0 heterocycles. The van der Waals surface area contributed by atoms with E-state index in [0.29, 0.717) is 0 Å². The monoisotopic (exact) mass is 696 g/mol. The van der Waals surface area contributed by atoms with Crippen LogP contribution in [0.4, 0.5) is 0 Å². The molecule has 0 amide bonds. The minimum Gasteiger partial charge on any atom is -1.00 e. The molecule has 6 rings (SSSR count). The van der Waals surface area contributed by atoms with Crippen LogP contribution >= 0.6 is 0 Å². The maximum Gasteiger partial charge on any atom is -0.109 e. The molecule has 2 aliphatic rings. The topological polar surface area (TPSA) is 0 Å². The number of fused-ring (bicyclic) bond motifs is 3. The van der Waals surface area contributed by atoms with Gasteiger partial charge in [0.1, 0.15) is 0 Å². The number of hydrogen-bond donors (Lipinski definition) is 0. The smallest absolute Gasteiger partial charge is 0.109 e. The van der Waals surface area contributed by atoms with Gasteiger partial charge in [-0.05, 0) is 28.4 Å². The fraction of sp³-hybridized carbons (Fsp3) is 0.293. The molecular formula is C41H44Cl2Zr-2. The maximum absolute atomic E-state index is 3.67. The van der Waals surface area contributed by atoms with Crippen molar-refractivity contribution in [3.8, 4) is 11.1 Å². The first-order chi connectivity index (χ1) is 19.8. The minimum absolute atomic E-state index is 0. The van der Waals surface area contributed by atoms with Gasteiger partial charge < -0.3 is 24.8 Å². The van der Waals surface area contributed by atoms with E-state index in [2.05, 4.69) is 152 Å². The summed E-state index contributed by atoms with van der Waals surface area (Å²) >= 11 is 1.46. The number of benzene rings is 4. The molecule has 0 saturated carbocycles. The second-order valence-corrected chi connectivity index (χ2v) is 14.7. The predicted octanol–water partition coefficient (Wildman–Crippen LogP) is 4.39. The third kappa shape index (κ3) is 10.1. The number of aryl methyl sites for hydroxylation is 2. The molecule has 3 heteroatoms. The van der Waals surface area contributed by atoms with Crippen molar-refractivity contribution in [1.29, 1.82) is 0 Å². The van der Waals surface area contributed by atoms with Gasteiger partial charge in [-0.25, -0.2) is 12.2 Å². The Kier molecular flexibility index (Phi) is 14.0. The summed E-state index contributed by atoms with van der Waals surface area (Å²) in [7, 11) is 0. The zero-order valence-electron chi connectivity index (χ0n) is 27.4. The number of halogens is 2. The van der Waals surface area contributed by atoms with Gasteiger partial charge in [-0.15, -0.1) is 17.5 Å². The van der Waals surface area contributed by atoms with E-state index in [-0.39, 0.29) is 35.6 Å². The van der Waals surface area contributed by atoms with Crippen molar-refractivity contribution in [2.45, 2.75) is 79.1 Å². The van der Waals surface area contributed by atoms with Gasteiger partial charge in [0, 0.05) is 0 Å². The fourth-order valence-corrected chi connectivity index (χ4v) is 5.79. The van der Waals surface area contributed by atoms with Gasteiger partial charge in [0.25, 0.3) is 0 Å². The molecule has 0 nitrogen and oxygen atoms in total. The van der Waals surface area contributed by atoms with E-state index < -0.39 is 0 Å². The molecule has 0 fully saturated rings. The van der Waals surface area contributed by atoms with E-state index >= 15 is 0 Å². The predicted molar refractivity (Wildman–Crippen MR) is 178 cm³/mol. The molecule has 0 spiro atoms. The number of allylic oxidation sites excluding steroid dienone is 4. The normalized spacial score (nSPS) is 12.4. The zero-order chi connectivity index (χ0) is 30.5. The van der Waals surface area contributed by atoms with Crippen LogP contribution in [0.5, 0.6) is 0 Å². The largest absolute Gasteiger partial charge is 1.00 e. The second kappa shape index (κ2) is 16.3. The first-order valence-electron chi connectivity index (χ1n) is 15.0. The Balaban J connectivity index is 0.000000260. The Morgan fingerprint density at radius 3 is 1.66 bits per heavy atom. The molecule has 44 heavy (non-hydrogen) atoms. The molecular weight excluding hydrogens is 655 g/mol. The van der Waals surface area contributed by atoms with Crippen LogP contribution in [0.2, 0.25) is 0 Å². The summed E-state index contributed by atoms with van der Waals surface area (Å²) < 4.78 is 1.42. The van der Waals surface area contributed by atoms with Gasteiger partial charge in [-0.2, -0.15) is 29.8 Å². The molecule has 0 saturated heterocycles.